The minimum atomic E-state index is -1.14. The van der Waals surface area contributed by atoms with Gasteiger partial charge in [0, 0.05) is 6.04 Å². The topological polar surface area (TPSA) is 126 Å². The van der Waals surface area contributed by atoms with Gasteiger partial charge in [-0.05, 0) is 13.8 Å². The highest BCUT2D eigenvalue weighted by molar-refractivity contribution is 7.99. The van der Waals surface area contributed by atoms with Gasteiger partial charge in [0.25, 0.3) is 0 Å². The third-order valence-corrected chi connectivity index (χ3v) is 3.27. The van der Waals surface area contributed by atoms with Crippen molar-refractivity contribution in [1.82, 2.24) is 25.4 Å². The Bertz CT molecular complexity index is 516. The molecular formula is C11H17N5O4S. The minimum Gasteiger partial charge on any atom is -0.480 e. The Kier molecular flexibility index (Phi) is 6.66. The van der Waals surface area contributed by atoms with Crippen LogP contribution in [0.25, 0.3) is 0 Å². The highest BCUT2D eigenvalue weighted by Crippen LogP contribution is 2.18. The molecule has 0 unspecified atom stereocenters. The van der Waals surface area contributed by atoms with E-state index in [4.69, 9.17) is 5.11 Å². The number of amides is 2. The van der Waals surface area contributed by atoms with Crippen molar-refractivity contribution in [1.29, 1.82) is 0 Å². The van der Waals surface area contributed by atoms with Gasteiger partial charge in [-0.2, -0.15) is 0 Å². The Morgan fingerprint density at radius 1 is 1.29 bits per heavy atom. The zero-order valence-corrected chi connectivity index (χ0v) is 12.5. The van der Waals surface area contributed by atoms with E-state index in [0.29, 0.717) is 5.16 Å². The molecule has 0 radical (unpaired) electrons. The zero-order chi connectivity index (χ0) is 15.8. The van der Waals surface area contributed by atoms with Gasteiger partial charge in [0.2, 0.25) is 11.8 Å². The van der Waals surface area contributed by atoms with E-state index in [1.165, 1.54) is 11.8 Å². The van der Waals surface area contributed by atoms with Crippen molar-refractivity contribution in [3.63, 3.8) is 0 Å². The van der Waals surface area contributed by atoms with Crippen LogP contribution in [0.2, 0.25) is 0 Å². The molecule has 0 saturated heterocycles. The summed E-state index contributed by atoms with van der Waals surface area (Å²) in [6.07, 6.45) is 1.59. The average Bonchev–Trinajstić information content (AvgIpc) is 2.89. The summed E-state index contributed by atoms with van der Waals surface area (Å²) in [6.45, 7) is 3.21. The number of carboxylic acid groups (broad SMARTS) is 1. The summed E-state index contributed by atoms with van der Waals surface area (Å²) in [4.78, 5) is 33.0. The quantitative estimate of drug-likeness (QED) is 0.540. The van der Waals surface area contributed by atoms with E-state index in [0.717, 1.165) is 0 Å². The van der Waals surface area contributed by atoms with Gasteiger partial charge in [0.1, 0.15) is 12.9 Å². The molecule has 0 aliphatic carbocycles. The second kappa shape index (κ2) is 8.25. The predicted octanol–water partition coefficient (Wildman–Crippen LogP) is -0.732. The summed E-state index contributed by atoms with van der Waals surface area (Å²) in [7, 11) is 0. The van der Waals surface area contributed by atoms with Crippen molar-refractivity contribution in [3.8, 4) is 0 Å². The monoisotopic (exact) mass is 315 g/mol. The van der Waals surface area contributed by atoms with Crippen LogP contribution < -0.4 is 10.6 Å². The number of thioether (sulfide) groups is 1. The van der Waals surface area contributed by atoms with Crippen LogP contribution in [0.1, 0.15) is 19.9 Å². The molecule has 1 heterocycles. The number of hydrogen-bond acceptors (Lipinski definition) is 6. The summed E-state index contributed by atoms with van der Waals surface area (Å²) in [6, 6.07) is 0.187. The minimum absolute atomic E-state index is 0.0949. The van der Waals surface area contributed by atoms with Crippen molar-refractivity contribution >= 4 is 29.5 Å². The molecule has 0 fully saturated rings. The van der Waals surface area contributed by atoms with Gasteiger partial charge in [-0.15, -0.1) is 10.2 Å². The first-order valence-corrected chi connectivity index (χ1v) is 7.16. The molecule has 1 rings (SSSR count). The molecule has 0 spiro atoms. The van der Waals surface area contributed by atoms with Gasteiger partial charge in [0.05, 0.1) is 12.3 Å². The lowest BCUT2D eigenvalue weighted by Gasteiger charge is -2.09. The first-order chi connectivity index (χ1) is 9.90. The van der Waals surface area contributed by atoms with Crippen molar-refractivity contribution in [2.45, 2.75) is 25.0 Å². The number of carboxylic acids is 1. The molecule has 1 aromatic rings. The Balaban J connectivity index is 2.29. The molecule has 0 aromatic carbocycles. The second-order valence-electron chi connectivity index (χ2n) is 4.35. The van der Waals surface area contributed by atoms with Crippen LogP contribution in [0.5, 0.6) is 0 Å². The molecule has 0 saturated carbocycles. The Morgan fingerprint density at radius 3 is 2.57 bits per heavy atom. The summed E-state index contributed by atoms with van der Waals surface area (Å²) < 4.78 is 1.83. The molecular weight excluding hydrogens is 298 g/mol. The lowest BCUT2D eigenvalue weighted by atomic mass is 10.4. The Labute approximate surface area is 125 Å². The molecule has 9 nitrogen and oxygen atoms in total. The van der Waals surface area contributed by atoms with E-state index in [-0.39, 0.29) is 24.2 Å². The van der Waals surface area contributed by atoms with E-state index in [9.17, 15) is 14.4 Å². The molecule has 116 valence electrons. The van der Waals surface area contributed by atoms with Crippen molar-refractivity contribution in [3.05, 3.63) is 6.33 Å². The predicted molar refractivity (Wildman–Crippen MR) is 74.8 cm³/mol. The number of aliphatic carboxylic acids is 1. The fourth-order valence-electron chi connectivity index (χ4n) is 1.29. The number of carbonyl (C=O) groups excluding carboxylic acids is 2. The number of rotatable bonds is 8. The van der Waals surface area contributed by atoms with Crippen LogP contribution in [0.3, 0.4) is 0 Å². The first-order valence-electron chi connectivity index (χ1n) is 6.17. The SMILES string of the molecule is CC(C)n1cnnc1SCC(=O)NCC(=O)NCC(=O)O. The Hall–Kier alpha value is -2.10. The summed E-state index contributed by atoms with van der Waals surface area (Å²) >= 11 is 1.21. The van der Waals surface area contributed by atoms with Gasteiger partial charge in [0.15, 0.2) is 5.16 Å². The van der Waals surface area contributed by atoms with Crippen LogP contribution in [0.4, 0.5) is 0 Å². The highest BCUT2D eigenvalue weighted by atomic mass is 32.2. The number of nitrogens with zero attached hydrogens (tertiary/aromatic N) is 3. The van der Waals surface area contributed by atoms with Gasteiger partial charge in [-0.3, -0.25) is 14.4 Å². The van der Waals surface area contributed by atoms with Crippen LogP contribution in [0, 0.1) is 0 Å². The maximum absolute atomic E-state index is 11.6. The van der Waals surface area contributed by atoms with Crippen LogP contribution in [-0.4, -0.2) is 56.5 Å². The molecule has 3 N–H and O–H groups in total. The molecule has 0 atom stereocenters. The first kappa shape index (κ1) is 17.0. The van der Waals surface area contributed by atoms with Gasteiger partial charge < -0.3 is 20.3 Å². The van der Waals surface area contributed by atoms with Crippen LogP contribution in [-0.2, 0) is 14.4 Å². The number of hydrogen-bond donors (Lipinski definition) is 3. The van der Waals surface area contributed by atoms with Gasteiger partial charge >= 0.3 is 5.97 Å². The van der Waals surface area contributed by atoms with E-state index >= 15 is 0 Å². The highest BCUT2D eigenvalue weighted by Gasteiger charge is 2.11. The normalized spacial score (nSPS) is 10.4. The lowest BCUT2D eigenvalue weighted by molar-refractivity contribution is -0.137. The third-order valence-electron chi connectivity index (χ3n) is 2.31. The molecule has 0 bridgehead atoms. The molecule has 0 aliphatic heterocycles. The lowest BCUT2D eigenvalue weighted by Crippen LogP contribution is -2.39. The summed E-state index contributed by atoms with van der Waals surface area (Å²) in [5.41, 5.74) is 0. The molecule has 1 aromatic heterocycles. The third kappa shape index (κ3) is 6.25. The number of nitrogens with one attached hydrogen (secondary N) is 2. The zero-order valence-electron chi connectivity index (χ0n) is 11.7. The average molecular weight is 315 g/mol. The van der Waals surface area contributed by atoms with Crippen LogP contribution >= 0.6 is 11.8 Å². The molecule has 10 heteroatoms. The van der Waals surface area contributed by atoms with E-state index in [1.807, 2.05) is 18.4 Å². The number of aromatic nitrogens is 3. The smallest absolute Gasteiger partial charge is 0.322 e. The maximum Gasteiger partial charge on any atom is 0.322 e. The van der Waals surface area contributed by atoms with Crippen molar-refractivity contribution < 1.29 is 19.5 Å². The van der Waals surface area contributed by atoms with Crippen molar-refractivity contribution in [2.24, 2.45) is 0 Å². The standard InChI is InChI=1S/C11H17N5O4S/c1-7(2)16-6-14-15-11(16)21-5-9(18)12-3-8(17)13-4-10(19)20/h6-7H,3-5H2,1-2H3,(H,12,18)(H,13,17)(H,19,20). The summed E-state index contributed by atoms with van der Waals surface area (Å²) in [5, 5.41) is 21.2. The summed E-state index contributed by atoms with van der Waals surface area (Å²) in [5.74, 6) is -1.94. The molecule has 0 aliphatic rings. The Morgan fingerprint density at radius 2 is 1.95 bits per heavy atom. The van der Waals surface area contributed by atoms with E-state index < -0.39 is 18.4 Å². The largest absolute Gasteiger partial charge is 0.480 e. The fourth-order valence-corrected chi connectivity index (χ4v) is 2.16. The second-order valence-corrected chi connectivity index (χ2v) is 5.29. The molecule has 21 heavy (non-hydrogen) atoms. The number of carbonyl (C=O) groups is 3. The van der Waals surface area contributed by atoms with Gasteiger partial charge in [-0.1, -0.05) is 11.8 Å². The van der Waals surface area contributed by atoms with E-state index in [1.54, 1.807) is 6.33 Å². The van der Waals surface area contributed by atoms with E-state index in [2.05, 4.69) is 20.8 Å². The van der Waals surface area contributed by atoms with Crippen LogP contribution in [0.15, 0.2) is 11.5 Å². The fraction of sp³-hybridized carbons (Fsp3) is 0.545. The maximum atomic E-state index is 11.6. The van der Waals surface area contributed by atoms with Crippen molar-refractivity contribution in [2.75, 3.05) is 18.8 Å². The molecule has 2 amide bonds. The van der Waals surface area contributed by atoms with Gasteiger partial charge in [-0.25, -0.2) is 0 Å².